The molecule has 0 unspecified atom stereocenters. The Balaban J connectivity index is 2.17. The first-order valence-corrected chi connectivity index (χ1v) is 6.23. The summed E-state index contributed by atoms with van der Waals surface area (Å²) >= 11 is 0. The molecule has 2 aromatic heterocycles. The van der Waals surface area contributed by atoms with Crippen molar-refractivity contribution in [1.82, 2.24) is 19.5 Å². The summed E-state index contributed by atoms with van der Waals surface area (Å²) in [6.45, 7) is 0.377. The number of fused-ring (bicyclic) bond motifs is 1. The van der Waals surface area contributed by atoms with Gasteiger partial charge in [0.15, 0.2) is 11.2 Å². The molecule has 0 fully saturated rings. The molecule has 0 spiro atoms. The number of nitrogens with one attached hydrogen (secondary N) is 1. The molecule has 21 heavy (non-hydrogen) atoms. The van der Waals surface area contributed by atoms with Crippen LogP contribution in [0.4, 0.5) is 11.9 Å². The fraction of sp³-hybridized carbons (Fsp3) is 0.154. The van der Waals surface area contributed by atoms with E-state index in [9.17, 15) is 4.79 Å². The zero-order valence-corrected chi connectivity index (χ0v) is 11.3. The molecule has 0 saturated heterocycles. The van der Waals surface area contributed by atoms with E-state index in [0.29, 0.717) is 12.2 Å². The number of aromatic nitrogens is 4. The average Bonchev–Trinajstić information content (AvgIpc) is 2.77. The van der Waals surface area contributed by atoms with Crippen molar-refractivity contribution in [3.05, 3.63) is 40.2 Å². The van der Waals surface area contributed by atoms with Crippen molar-refractivity contribution >= 4 is 23.1 Å². The highest BCUT2D eigenvalue weighted by atomic mass is 16.5. The third-order valence-electron chi connectivity index (χ3n) is 3.17. The lowest BCUT2D eigenvalue weighted by Gasteiger charge is -2.10. The quantitative estimate of drug-likeness (QED) is 0.637. The molecule has 8 nitrogen and oxygen atoms in total. The van der Waals surface area contributed by atoms with Gasteiger partial charge in [0.05, 0.1) is 13.7 Å². The number of hydrogen-bond acceptors (Lipinski definition) is 6. The Bertz CT molecular complexity index is 867. The highest BCUT2D eigenvalue weighted by Crippen LogP contribution is 2.22. The number of para-hydroxylation sites is 1. The maximum absolute atomic E-state index is 11.8. The second-order valence-electron chi connectivity index (χ2n) is 4.49. The molecule has 0 amide bonds. The number of methoxy groups -OCH3 is 1. The van der Waals surface area contributed by atoms with Crippen LogP contribution in [0.5, 0.6) is 5.75 Å². The van der Waals surface area contributed by atoms with Gasteiger partial charge in [0.1, 0.15) is 5.75 Å². The molecule has 3 aromatic rings. The molecule has 0 atom stereocenters. The summed E-state index contributed by atoms with van der Waals surface area (Å²) in [7, 11) is 1.59. The van der Waals surface area contributed by atoms with Crippen LogP contribution in [-0.2, 0) is 6.54 Å². The summed E-state index contributed by atoms with van der Waals surface area (Å²) in [5.41, 5.74) is 12.5. The first-order valence-electron chi connectivity index (χ1n) is 6.23. The molecule has 0 aliphatic carbocycles. The van der Waals surface area contributed by atoms with Gasteiger partial charge >= 0.3 is 0 Å². The fourth-order valence-corrected chi connectivity index (χ4v) is 2.20. The Morgan fingerprint density at radius 1 is 1.29 bits per heavy atom. The van der Waals surface area contributed by atoms with Crippen LogP contribution in [0, 0.1) is 0 Å². The first-order chi connectivity index (χ1) is 10.1. The minimum absolute atomic E-state index is 0.0219. The summed E-state index contributed by atoms with van der Waals surface area (Å²) in [4.78, 5) is 22.4. The normalized spacial score (nSPS) is 10.9. The number of aromatic amines is 1. The van der Waals surface area contributed by atoms with Crippen molar-refractivity contribution in [3.63, 3.8) is 0 Å². The Morgan fingerprint density at radius 2 is 2.05 bits per heavy atom. The third-order valence-corrected chi connectivity index (χ3v) is 3.17. The van der Waals surface area contributed by atoms with Gasteiger partial charge < -0.3 is 16.2 Å². The Hall–Kier alpha value is -3.03. The number of hydrogen-bond donors (Lipinski definition) is 3. The topological polar surface area (TPSA) is 125 Å². The smallest absolute Gasteiger partial charge is 0.280 e. The molecule has 0 aliphatic heterocycles. The van der Waals surface area contributed by atoms with Crippen LogP contribution in [0.3, 0.4) is 0 Å². The summed E-state index contributed by atoms with van der Waals surface area (Å²) in [5.74, 6) is 0.935. The summed E-state index contributed by atoms with van der Waals surface area (Å²) in [6, 6.07) is 7.51. The number of benzene rings is 1. The van der Waals surface area contributed by atoms with E-state index >= 15 is 0 Å². The molecular formula is C13H14N6O2. The molecular weight excluding hydrogens is 272 g/mol. The maximum Gasteiger partial charge on any atom is 0.280 e. The van der Waals surface area contributed by atoms with E-state index in [-0.39, 0.29) is 17.4 Å². The van der Waals surface area contributed by atoms with Gasteiger partial charge in [0.2, 0.25) is 11.9 Å². The van der Waals surface area contributed by atoms with Crippen LogP contribution in [0.2, 0.25) is 0 Å². The Kier molecular flexibility index (Phi) is 2.98. The highest BCUT2D eigenvalue weighted by Gasteiger charge is 2.15. The number of anilines is 2. The zero-order valence-electron chi connectivity index (χ0n) is 11.3. The van der Waals surface area contributed by atoms with Gasteiger partial charge in [0, 0.05) is 5.56 Å². The number of ether oxygens (including phenoxy) is 1. The third kappa shape index (κ3) is 2.16. The van der Waals surface area contributed by atoms with Crippen molar-refractivity contribution in [1.29, 1.82) is 0 Å². The number of nitrogens with zero attached hydrogens (tertiary/aromatic N) is 3. The number of rotatable bonds is 3. The van der Waals surface area contributed by atoms with Crippen molar-refractivity contribution in [3.8, 4) is 5.75 Å². The van der Waals surface area contributed by atoms with Crippen LogP contribution >= 0.6 is 0 Å². The van der Waals surface area contributed by atoms with Gasteiger partial charge in [-0.15, -0.1) is 0 Å². The molecule has 2 heterocycles. The van der Waals surface area contributed by atoms with Crippen molar-refractivity contribution in [2.45, 2.75) is 6.54 Å². The number of H-pyrrole nitrogens is 1. The predicted octanol–water partition coefficient (Wildman–Crippen LogP) is 0.341. The molecule has 0 saturated carbocycles. The number of nitrogen functional groups attached to an aromatic ring is 2. The van der Waals surface area contributed by atoms with E-state index in [2.05, 4.69) is 15.0 Å². The minimum Gasteiger partial charge on any atom is -0.496 e. The second-order valence-corrected chi connectivity index (χ2v) is 4.49. The lowest BCUT2D eigenvalue weighted by atomic mass is 10.2. The van der Waals surface area contributed by atoms with Crippen molar-refractivity contribution < 1.29 is 4.74 Å². The molecule has 0 bridgehead atoms. The molecule has 0 aliphatic rings. The number of imidazole rings is 1. The van der Waals surface area contributed by atoms with Gasteiger partial charge in [-0.1, -0.05) is 18.2 Å². The standard InChI is InChI=1S/C13H14N6O2/c1-21-8-5-3-2-4-7(8)6-19-10-9(16-13(19)15)11(20)18-12(14)17-10/h2-5H,6H2,1H3,(H2,15,16)(H3,14,17,18,20). The minimum atomic E-state index is -0.414. The largest absolute Gasteiger partial charge is 0.496 e. The number of nitrogens with two attached hydrogens (primary N) is 2. The summed E-state index contributed by atoms with van der Waals surface area (Å²) in [5, 5.41) is 0. The van der Waals surface area contributed by atoms with E-state index in [4.69, 9.17) is 16.2 Å². The fourth-order valence-electron chi connectivity index (χ4n) is 2.20. The molecule has 0 radical (unpaired) electrons. The van der Waals surface area contributed by atoms with Gasteiger partial charge in [-0.05, 0) is 6.07 Å². The summed E-state index contributed by atoms with van der Waals surface area (Å²) in [6.07, 6.45) is 0. The highest BCUT2D eigenvalue weighted by molar-refractivity contribution is 5.74. The van der Waals surface area contributed by atoms with E-state index in [1.54, 1.807) is 11.7 Å². The Labute approximate surface area is 119 Å². The van der Waals surface area contributed by atoms with Crippen molar-refractivity contribution in [2.75, 3.05) is 18.6 Å². The molecule has 108 valence electrons. The van der Waals surface area contributed by atoms with Gasteiger partial charge in [-0.25, -0.2) is 4.98 Å². The lowest BCUT2D eigenvalue weighted by molar-refractivity contribution is 0.408. The van der Waals surface area contributed by atoms with Gasteiger partial charge in [0.25, 0.3) is 5.56 Å². The lowest BCUT2D eigenvalue weighted by Crippen LogP contribution is -2.12. The van der Waals surface area contributed by atoms with E-state index < -0.39 is 5.56 Å². The van der Waals surface area contributed by atoms with Crippen LogP contribution < -0.4 is 21.8 Å². The zero-order chi connectivity index (χ0) is 15.0. The Morgan fingerprint density at radius 3 is 2.81 bits per heavy atom. The van der Waals surface area contributed by atoms with Crippen LogP contribution in [-0.4, -0.2) is 26.6 Å². The summed E-state index contributed by atoms with van der Waals surface area (Å²) < 4.78 is 6.93. The van der Waals surface area contributed by atoms with Crippen molar-refractivity contribution in [2.24, 2.45) is 0 Å². The van der Waals surface area contributed by atoms with Crippen LogP contribution in [0.1, 0.15) is 5.56 Å². The van der Waals surface area contributed by atoms with E-state index in [1.807, 2.05) is 24.3 Å². The van der Waals surface area contributed by atoms with Gasteiger partial charge in [-0.2, -0.15) is 4.98 Å². The van der Waals surface area contributed by atoms with E-state index in [0.717, 1.165) is 11.3 Å². The first kappa shape index (κ1) is 13.0. The second kappa shape index (κ2) is 4.82. The van der Waals surface area contributed by atoms with E-state index in [1.165, 1.54) is 0 Å². The monoisotopic (exact) mass is 286 g/mol. The molecule has 8 heteroatoms. The molecule has 5 N–H and O–H groups in total. The van der Waals surface area contributed by atoms with Gasteiger partial charge in [-0.3, -0.25) is 14.3 Å². The SMILES string of the molecule is COc1ccccc1Cn1c(N)nc2c(=O)[nH]c(N)nc21. The average molecular weight is 286 g/mol. The molecule has 3 rings (SSSR count). The van der Waals surface area contributed by atoms with Crippen LogP contribution in [0.15, 0.2) is 29.1 Å². The maximum atomic E-state index is 11.8. The predicted molar refractivity (Wildman–Crippen MR) is 79.1 cm³/mol. The molecule has 1 aromatic carbocycles. The van der Waals surface area contributed by atoms with Crippen LogP contribution in [0.25, 0.3) is 11.2 Å².